The number of amides is 1. The number of carbonyl (C=O) groups excluding carboxylic acids is 1. The van der Waals surface area contributed by atoms with Gasteiger partial charge in [-0.2, -0.15) is 4.52 Å². The monoisotopic (exact) mass is 391 g/mol. The van der Waals surface area contributed by atoms with Crippen LogP contribution >= 0.6 is 11.8 Å². The zero-order valence-corrected chi connectivity index (χ0v) is 16.4. The Balaban J connectivity index is 1.37. The Morgan fingerprint density at radius 3 is 2.71 bits per heavy atom. The van der Waals surface area contributed by atoms with Crippen molar-refractivity contribution in [2.45, 2.75) is 24.9 Å². The van der Waals surface area contributed by atoms with Gasteiger partial charge in [0, 0.05) is 11.9 Å². The van der Waals surface area contributed by atoms with Crippen LogP contribution < -0.4 is 5.32 Å². The molecule has 2 heterocycles. The van der Waals surface area contributed by atoms with E-state index in [9.17, 15) is 4.79 Å². The summed E-state index contributed by atoms with van der Waals surface area (Å²) in [6.45, 7) is 2.52. The Morgan fingerprint density at radius 1 is 1.07 bits per heavy atom. The molecule has 4 aromatic rings. The SMILES string of the molecule is Cc1nc2c3ccccc3nc(SCC(=O)NCCCc3ccccc3)n2n1. The van der Waals surface area contributed by atoms with Gasteiger partial charge in [0.15, 0.2) is 10.8 Å². The van der Waals surface area contributed by atoms with Crippen molar-refractivity contribution in [3.05, 3.63) is 66.0 Å². The third-order valence-electron chi connectivity index (χ3n) is 4.39. The van der Waals surface area contributed by atoms with Crippen LogP contribution in [-0.4, -0.2) is 37.8 Å². The number of hydrogen-bond acceptors (Lipinski definition) is 5. The van der Waals surface area contributed by atoms with Gasteiger partial charge in [0.25, 0.3) is 0 Å². The molecule has 0 unspecified atom stereocenters. The molecule has 2 aromatic heterocycles. The molecule has 1 N–H and O–H groups in total. The van der Waals surface area contributed by atoms with Crippen LogP contribution in [0.3, 0.4) is 0 Å². The summed E-state index contributed by atoms with van der Waals surface area (Å²) < 4.78 is 1.73. The largest absolute Gasteiger partial charge is 0.355 e. The molecule has 28 heavy (non-hydrogen) atoms. The molecule has 6 nitrogen and oxygen atoms in total. The lowest BCUT2D eigenvalue weighted by Gasteiger charge is -2.07. The molecule has 142 valence electrons. The van der Waals surface area contributed by atoms with Gasteiger partial charge in [0.05, 0.1) is 11.3 Å². The van der Waals surface area contributed by atoms with Crippen LogP contribution in [0.25, 0.3) is 16.6 Å². The second kappa shape index (κ2) is 8.39. The van der Waals surface area contributed by atoms with Crippen LogP contribution in [0.15, 0.2) is 59.8 Å². The summed E-state index contributed by atoms with van der Waals surface area (Å²) in [7, 11) is 0. The summed E-state index contributed by atoms with van der Waals surface area (Å²) >= 11 is 1.38. The average Bonchev–Trinajstić information content (AvgIpc) is 3.12. The number of para-hydroxylation sites is 1. The maximum atomic E-state index is 12.2. The highest BCUT2D eigenvalue weighted by atomic mass is 32.2. The van der Waals surface area contributed by atoms with Crippen molar-refractivity contribution in [2.24, 2.45) is 0 Å². The first kappa shape index (κ1) is 18.4. The van der Waals surface area contributed by atoms with E-state index < -0.39 is 0 Å². The van der Waals surface area contributed by atoms with Crippen molar-refractivity contribution in [1.29, 1.82) is 0 Å². The first-order valence-corrected chi connectivity index (χ1v) is 10.2. The highest BCUT2D eigenvalue weighted by molar-refractivity contribution is 7.99. The fourth-order valence-electron chi connectivity index (χ4n) is 3.07. The van der Waals surface area contributed by atoms with Crippen LogP contribution in [0.1, 0.15) is 17.8 Å². The van der Waals surface area contributed by atoms with Gasteiger partial charge in [-0.1, -0.05) is 54.2 Å². The molecule has 0 aliphatic rings. The number of hydrogen-bond donors (Lipinski definition) is 1. The summed E-state index contributed by atoms with van der Waals surface area (Å²) in [5, 5.41) is 9.05. The average molecular weight is 392 g/mol. The van der Waals surface area contributed by atoms with E-state index in [1.54, 1.807) is 4.52 Å². The minimum Gasteiger partial charge on any atom is -0.355 e. The fourth-order valence-corrected chi connectivity index (χ4v) is 3.85. The second-order valence-corrected chi connectivity index (χ2v) is 7.48. The van der Waals surface area contributed by atoms with Crippen LogP contribution in [-0.2, 0) is 11.2 Å². The maximum Gasteiger partial charge on any atom is 0.230 e. The van der Waals surface area contributed by atoms with Crippen molar-refractivity contribution < 1.29 is 4.79 Å². The Kier molecular flexibility index (Phi) is 5.53. The van der Waals surface area contributed by atoms with Gasteiger partial charge in [-0.25, -0.2) is 9.97 Å². The lowest BCUT2D eigenvalue weighted by molar-refractivity contribution is -0.118. The number of aromatic nitrogens is 4. The van der Waals surface area contributed by atoms with E-state index in [1.807, 2.05) is 49.4 Å². The summed E-state index contributed by atoms with van der Waals surface area (Å²) in [4.78, 5) is 21.4. The van der Waals surface area contributed by atoms with Gasteiger partial charge in [0.1, 0.15) is 5.82 Å². The first-order chi connectivity index (χ1) is 13.7. The zero-order valence-electron chi connectivity index (χ0n) is 15.6. The smallest absolute Gasteiger partial charge is 0.230 e. The Morgan fingerprint density at radius 2 is 1.86 bits per heavy atom. The molecule has 0 atom stereocenters. The molecule has 0 aliphatic heterocycles. The third-order valence-corrected chi connectivity index (χ3v) is 5.32. The topological polar surface area (TPSA) is 72.2 Å². The Labute approximate surface area is 167 Å². The highest BCUT2D eigenvalue weighted by Crippen LogP contribution is 2.23. The highest BCUT2D eigenvalue weighted by Gasteiger charge is 2.13. The molecular weight excluding hydrogens is 370 g/mol. The molecule has 0 aliphatic carbocycles. The van der Waals surface area contributed by atoms with Gasteiger partial charge in [-0.15, -0.1) is 5.10 Å². The molecule has 0 spiro atoms. The number of nitrogens with one attached hydrogen (secondary N) is 1. The van der Waals surface area contributed by atoms with Crippen molar-refractivity contribution >= 4 is 34.2 Å². The minimum atomic E-state index is -0.00184. The number of thioether (sulfide) groups is 1. The normalized spacial score (nSPS) is 11.2. The zero-order chi connectivity index (χ0) is 19.3. The summed E-state index contributed by atoms with van der Waals surface area (Å²) in [6, 6.07) is 18.1. The van der Waals surface area contributed by atoms with Crippen LogP contribution in [0.4, 0.5) is 0 Å². The quantitative estimate of drug-likeness (QED) is 0.297. The predicted octanol–water partition coefficient (Wildman–Crippen LogP) is 3.43. The molecule has 7 heteroatoms. The van der Waals surface area contributed by atoms with Gasteiger partial charge < -0.3 is 5.32 Å². The number of aryl methyl sites for hydroxylation is 2. The number of nitrogens with zero attached hydrogens (tertiary/aromatic N) is 4. The lowest BCUT2D eigenvalue weighted by atomic mass is 10.1. The Hall–Kier alpha value is -2.93. The molecule has 0 fully saturated rings. The summed E-state index contributed by atoms with van der Waals surface area (Å²) in [5.41, 5.74) is 2.91. The number of rotatable bonds is 7. The molecule has 0 saturated carbocycles. The first-order valence-electron chi connectivity index (χ1n) is 9.26. The molecule has 0 saturated heterocycles. The lowest BCUT2D eigenvalue weighted by Crippen LogP contribution is -2.26. The summed E-state index contributed by atoms with van der Waals surface area (Å²) in [6.07, 6.45) is 1.88. The molecule has 2 aromatic carbocycles. The molecular formula is C21H21N5OS. The van der Waals surface area contributed by atoms with Gasteiger partial charge in [0.2, 0.25) is 5.91 Å². The van der Waals surface area contributed by atoms with E-state index in [2.05, 4.69) is 32.5 Å². The van der Waals surface area contributed by atoms with Gasteiger partial charge in [-0.3, -0.25) is 4.79 Å². The standard InChI is InChI=1S/C21H21N5OS/c1-15-23-20-17-11-5-6-12-18(17)24-21(26(20)25-15)28-14-19(27)22-13-7-10-16-8-3-2-4-9-16/h2-6,8-9,11-12H,7,10,13-14H2,1H3,(H,22,27). The van der Waals surface area contributed by atoms with Crippen molar-refractivity contribution in [1.82, 2.24) is 24.9 Å². The predicted molar refractivity (Wildman–Crippen MR) is 112 cm³/mol. The van der Waals surface area contributed by atoms with Crippen molar-refractivity contribution in [3.63, 3.8) is 0 Å². The minimum absolute atomic E-state index is 0.00184. The van der Waals surface area contributed by atoms with E-state index in [1.165, 1.54) is 17.3 Å². The Bertz CT molecular complexity index is 1110. The molecule has 0 radical (unpaired) electrons. The van der Waals surface area contributed by atoms with Gasteiger partial charge >= 0.3 is 0 Å². The number of carbonyl (C=O) groups is 1. The third kappa shape index (κ3) is 4.14. The van der Waals surface area contributed by atoms with E-state index in [4.69, 9.17) is 0 Å². The number of fused-ring (bicyclic) bond motifs is 3. The molecule has 4 rings (SSSR count). The van der Waals surface area contributed by atoms with Crippen LogP contribution in [0, 0.1) is 6.92 Å². The van der Waals surface area contributed by atoms with Crippen LogP contribution in [0.2, 0.25) is 0 Å². The van der Waals surface area contributed by atoms with Gasteiger partial charge in [-0.05, 0) is 37.5 Å². The second-order valence-electron chi connectivity index (χ2n) is 6.53. The van der Waals surface area contributed by atoms with E-state index >= 15 is 0 Å². The van der Waals surface area contributed by atoms with E-state index in [0.29, 0.717) is 23.3 Å². The fraction of sp³-hybridized carbons (Fsp3) is 0.238. The van der Waals surface area contributed by atoms with E-state index in [0.717, 1.165) is 29.4 Å². The maximum absolute atomic E-state index is 12.2. The molecule has 1 amide bonds. The van der Waals surface area contributed by atoms with Crippen molar-refractivity contribution in [3.8, 4) is 0 Å². The molecule has 0 bridgehead atoms. The van der Waals surface area contributed by atoms with Crippen LogP contribution in [0.5, 0.6) is 0 Å². The number of benzene rings is 2. The van der Waals surface area contributed by atoms with E-state index in [-0.39, 0.29) is 5.91 Å². The van der Waals surface area contributed by atoms with Crippen molar-refractivity contribution in [2.75, 3.05) is 12.3 Å². The summed E-state index contributed by atoms with van der Waals surface area (Å²) in [5.74, 6) is 0.980.